The summed E-state index contributed by atoms with van der Waals surface area (Å²) in [4.78, 5) is 6.96. The fourth-order valence-electron chi connectivity index (χ4n) is 1.95. The third-order valence-corrected chi connectivity index (χ3v) is 3.15. The fourth-order valence-corrected chi connectivity index (χ4v) is 1.95. The number of hydrogen-bond donors (Lipinski definition) is 0. The quantitative estimate of drug-likeness (QED) is 0.720. The zero-order valence-electron chi connectivity index (χ0n) is 8.79. The molecule has 3 nitrogen and oxygen atoms in total. The smallest absolute Gasteiger partial charge is 0.197 e. The van der Waals surface area contributed by atoms with Gasteiger partial charge in [-0.15, -0.1) is 0 Å². The van der Waals surface area contributed by atoms with E-state index in [9.17, 15) is 0 Å². The average Bonchev–Trinajstić information content (AvgIpc) is 2.76. The minimum absolute atomic E-state index is 0.587. The Labute approximate surface area is 84.1 Å². The highest BCUT2D eigenvalue weighted by Gasteiger charge is 2.33. The summed E-state index contributed by atoms with van der Waals surface area (Å²) in [6.07, 6.45) is 2.54. The van der Waals surface area contributed by atoms with Gasteiger partial charge in [0.1, 0.15) is 5.76 Å². The predicted molar refractivity (Wildman–Crippen MR) is 52.9 cm³/mol. The van der Waals surface area contributed by atoms with E-state index in [0.29, 0.717) is 12.0 Å². The Hall–Kier alpha value is -0.830. The second-order valence-electron chi connectivity index (χ2n) is 4.69. The van der Waals surface area contributed by atoms with Crippen molar-refractivity contribution in [2.24, 2.45) is 0 Å². The Morgan fingerprint density at radius 3 is 2.71 bits per heavy atom. The molecular formula is C11H16N2O. The van der Waals surface area contributed by atoms with Gasteiger partial charge in [-0.2, -0.15) is 0 Å². The Balaban J connectivity index is 1.81. The summed E-state index contributed by atoms with van der Waals surface area (Å²) in [6.45, 7) is 6.36. The molecule has 1 saturated carbocycles. The van der Waals surface area contributed by atoms with Gasteiger partial charge in [0, 0.05) is 18.5 Å². The second-order valence-corrected chi connectivity index (χ2v) is 4.69. The first kappa shape index (κ1) is 8.48. The lowest BCUT2D eigenvalue weighted by atomic mass is 10.3. The molecule has 1 fully saturated rings. The normalized spacial score (nSPS) is 21.9. The molecular weight excluding hydrogens is 176 g/mol. The highest BCUT2D eigenvalue weighted by molar-refractivity contribution is 5.18. The number of hydrogen-bond acceptors (Lipinski definition) is 3. The number of nitrogens with zero attached hydrogens (tertiary/aromatic N) is 2. The van der Waals surface area contributed by atoms with Crippen LogP contribution in [0.1, 0.15) is 50.0 Å². The largest absolute Gasteiger partial charge is 0.444 e. The molecule has 0 amide bonds. The second kappa shape index (κ2) is 2.83. The standard InChI is InChI=1S/C11H16N2O/c1-7(2)13-5-9-10(6-13)14-11(12-9)8-3-4-8/h7-8H,3-6H2,1-2H3. The fraction of sp³-hybridized carbons (Fsp3) is 0.727. The van der Waals surface area contributed by atoms with Gasteiger partial charge in [-0.25, -0.2) is 4.98 Å². The van der Waals surface area contributed by atoms with Crippen LogP contribution in [-0.4, -0.2) is 15.9 Å². The van der Waals surface area contributed by atoms with Gasteiger partial charge in [0.05, 0.1) is 12.2 Å². The van der Waals surface area contributed by atoms with Gasteiger partial charge in [0.25, 0.3) is 0 Å². The van der Waals surface area contributed by atoms with E-state index in [1.54, 1.807) is 0 Å². The average molecular weight is 192 g/mol. The van der Waals surface area contributed by atoms with Gasteiger partial charge >= 0.3 is 0 Å². The molecule has 0 spiro atoms. The first-order chi connectivity index (χ1) is 6.74. The molecule has 3 rings (SSSR count). The van der Waals surface area contributed by atoms with Crippen molar-refractivity contribution in [2.75, 3.05) is 0 Å². The lowest BCUT2D eigenvalue weighted by molar-refractivity contribution is 0.211. The third-order valence-electron chi connectivity index (χ3n) is 3.15. The summed E-state index contributed by atoms with van der Waals surface area (Å²) in [5.74, 6) is 2.76. The van der Waals surface area contributed by atoms with Crippen LogP contribution >= 0.6 is 0 Å². The van der Waals surface area contributed by atoms with Crippen molar-refractivity contribution in [3.63, 3.8) is 0 Å². The van der Waals surface area contributed by atoms with Crippen molar-refractivity contribution in [2.45, 2.75) is 51.7 Å². The van der Waals surface area contributed by atoms with Gasteiger partial charge in [0.15, 0.2) is 5.89 Å². The zero-order chi connectivity index (χ0) is 9.71. The Kier molecular flexibility index (Phi) is 1.71. The van der Waals surface area contributed by atoms with Gasteiger partial charge in [0.2, 0.25) is 0 Å². The van der Waals surface area contributed by atoms with Crippen LogP contribution in [0.5, 0.6) is 0 Å². The molecule has 1 aliphatic heterocycles. The zero-order valence-corrected chi connectivity index (χ0v) is 8.79. The van der Waals surface area contributed by atoms with Crippen LogP contribution in [0.4, 0.5) is 0 Å². The molecule has 14 heavy (non-hydrogen) atoms. The highest BCUT2D eigenvalue weighted by Crippen LogP contribution is 2.41. The molecule has 3 heteroatoms. The topological polar surface area (TPSA) is 29.3 Å². The predicted octanol–water partition coefficient (Wildman–Crippen LogP) is 2.28. The minimum atomic E-state index is 0.587. The van der Waals surface area contributed by atoms with E-state index in [-0.39, 0.29) is 0 Å². The molecule has 0 atom stereocenters. The Morgan fingerprint density at radius 1 is 1.36 bits per heavy atom. The molecule has 0 aromatic carbocycles. The van der Waals surface area contributed by atoms with Crippen molar-refractivity contribution >= 4 is 0 Å². The monoisotopic (exact) mass is 192 g/mol. The van der Waals surface area contributed by atoms with Crippen molar-refractivity contribution in [1.29, 1.82) is 0 Å². The van der Waals surface area contributed by atoms with Crippen LogP contribution in [0.3, 0.4) is 0 Å². The maximum absolute atomic E-state index is 5.78. The van der Waals surface area contributed by atoms with E-state index < -0.39 is 0 Å². The molecule has 0 bridgehead atoms. The molecule has 2 aliphatic rings. The number of oxazole rings is 1. The van der Waals surface area contributed by atoms with E-state index >= 15 is 0 Å². The molecule has 1 aromatic rings. The van der Waals surface area contributed by atoms with Crippen molar-refractivity contribution in [1.82, 2.24) is 9.88 Å². The van der Waals surface area contributed by atoms with Gasteiger partial charge in [-0.3, -0.25) is 4.90 Å². The molecule has 76 valence electrons. The summed E-state index contributed by atoms with van der Waals surface area (Å²) >= 11 is 0. The van der Waals surface area contributed by atoms with Crippen molar-refractivity contribution < 1.29 is 4.42 Å². The molecule has 2 heterocycles. The summed E-state index contributed by atoms with van der Waals surface area (Å²) < 4.78 is 5.78. The summed E-state index contributed by atoms with van der Waals surface area (Å²) in [7, 11) is 0. The van der Waals surface area contributed by atoms with Gasteiger partial charge < -0.3 is 4.42 Å². The first-order valence-electron chi connectivity index (χ1n) is 5.46. The molecule has 0 unspecified atom stereocenters. The van der Waals surface area contributed by atoms with Crippen LogP contribution < -0.4 is 0 Å². The Morgan fingerprint density at radius 2 is 2.14 bits per heavy atom. The van der Waals surface area contributed by atoms with Gasteiger partial charge in [-0.05, 0) is 26.7 Å². The number of aromatic nitrogens is 1. The summed E-state index contributed by atoms with van der Waals surface area (Å²) in [6, 6.07) is 0.587. The highest BCUT2D eigenvalue weighted by atomic mass is 16.4. The summed E-state index contributed by atoms with van der Waals surface area (Å²) in [5, 5.41) is 0. The number of rotatable bonds is 2. The molecule has 0 N–H and O–H groups in total. The SMILES string of the molecule is CC(C)N1Cc2nc(C3CC3)oc2C1. The van der Waals surface area contributed by atoms with Crippen molar-refractivity contribution in [3.8, 4) is 0 Å². The molecule has 1 aromatic heterocycles. The molecule has 1 aliphatic carbocycles. The van der Waals surface area contributed by atoms with E-state index in [0.717, 1.165) is 24.7 Å². The molecule has 0 radical (unpaired) electrons. The van der Waals surface area contributed by atoms with E-state index in [1.807, 2.05) is 0 Å². The van der Waals surface area contributed by atoms with Crippen LogP contribution in [0.25, 0.3) is 0 Å². The molecule has 0 saturated heterocycles. The van der Waals surface area contributed by atoms with Crippen LogP contribution in [0.2, 0.25) is 0 Å². The van der Waals surface area contributed by atoms with Crippen LogP contribution in [-0.2, 0) is 13.1 Å². The minimum Gasteiger partial charge on any atom is -0.444 e. The van der Waals surface area contributed by atoms with E-state index in [1.165, 1.54) is 18.5 Å². The first-order valence-corrected chi connectivity index (χ1v) is 5.46. The Bertz CT molecular complexity index is 329. The summed E-state index contributed by atoms with van der Waals surface area (Å²) in [5.41, 5.74) is 1.18. The van der Waals surface area contributed by atoms with E-state index in [2.05, 4.69) is 23.7 Å². The maximum Gasteiger partial charge on any atom is 0.197 e. The lowest BCUT2D eigenvalue weighted by Crippen LogP contribution is -2.24. The van der Waals surface area contributed by atoms with Crippen molar-refractivity contribution in [3.05, 3.63) is 17.3 Å². The lowest BCUT2D eigenvalue weighted by Gasteiger charge is -2.18. The van der Waals surface area contributed by atoms with Crippen LogP contribution in [0.15, 0.2) is 4.42 Å². The maximum atomic E-state index is 5.78. The third kappa shape index (κ3) is 1.27. The number of fused-ring (bicyclic) bond motifs is 1. The van der Waals surface area contributed by atoms with Crippen LogP contribution in [0, 0.1) is 0 Å². The van der Waals surface area contributed by atoms with E-state index in [4.69, 9.17) is 4.42 Å². The van der Waals surface area contributed by atoms with Gasteiger partial charge in [-0.1, -0.05) is 0 Å².